The maximum atomic E-state index is 15.3. The molecule has 7 rings (SSSR count). The Bertz CT molecular complexity index is 1830. The van der Waals surface area contributed by atoms with Crippen LogP contribution >= 0.6 is 0 Å². The molecule has 0 radical (unpaired) electrons. The van der Waals surface area contributed by atoms with Crippen molar-refractivity contribution in [2.75, 3.05) is 57.2 Å². The van der Waals surface area contributed by atoms with Crippen LogP contribution in [0.4, 0.5) is 20.2 Å². The normalized spacial score (nSPS) is 19.7. The Morgan fingerprint density at radius 2 is 1.62 bits per heavy atom. The van der Waals surface area contributed by atoms with Gasteiger partial charge in [-0.25, -0.2) is 8.78 Å². The van der Waals surface area contributed by atoms with E-state index < -0.39 is 28.9 Å². The molecule has 250 valence electrons. The Kier molecular flexibility index (Phi) is 8.84. The first kappa shape index (κ1) is 31.8. The second-order valence-electron chi connectivity index (χ2n) is 12.6. The largest absolute Gasteiger partial charge is 0.493 e. The number of halogens is 2. The summed E-state index contributed by atoms with van der Waals surface area (Å²) in [5.74, 6) is 0.313. The Labute approximate surface area is 276 Å². The molecule has 2 atom stereocenters. The summed E-state index contributed by atoms with van der Waals surface area (Å²) in [4.78, 5) is 32.9. The minimum atomic E-state index is -1.28. The Morgan fingerprint density at radius 3 is 2.33 bits per heavy atom. The van der Waals surface area contributed by atoms with E-state index in [9.17, 15) is 14.0 Å². The zero-order chi connectivity index (χ0) is 33.3. The van der Waals surface area contributed by atoms with Crippen LogP contribution in [0, 0.1) is 28.9 Å². The third-order valence-electron chi connectivity index (χ3n) is 9.24. The molecule has 3 fully saturated rings. The Hall–Kier alpha value is -4.81. The van der Waals surface area contributed by atoms with E-state index in [1.807, 2.05) is 0 Å². The van der Waals surface area contributed by atoms with E-state index >= 15 is 4.39 Å². The van der Waals surface area contributed by atoms with Crippen molar-refractivity contribution in [2.24, 2.45) is 17.3 Å². The third-order valence-corrected chi connectivity index (χ3v) is 9.24. The first-order chi connectivity index (χ1) is 23.3. The smallest absolute Gasteiger partial charge is 0.240 e. The average Bonchev–Trinajstić information content (AvgIpc) is 4.03. The highest BCUT2D eigenvalue weighted by Gasteiger charge is 2.56. The molecule has 48 heavy (non-hydrogen) atoms. The SMILES string of the molecule is COc1cc2c(Oc3ccc(NC(=O)C4(C(=O)Nc5ccc(F)cc5)CC4)cc3F)ccnc2cc1OC[C@H]1CC1CN1CCOCC1. The summed E-state index contributed by atoms with van der Waals surface area (Å²) >= 11 is 0. The topological polar surface area (TPSA) is 111 Å². The van der Waals surface area contributed by atoms with Crippen LogP contribution in [0.1, 0.15) is 19.3 Å². The lowest BCUT2D eigenvalue weighted by Gasteiger charge is -2.26. The molecular formula is C36H36F2N4O6. The molecule has 10 nitrogen and oxygen atoms in total. The van der Waals surface area contributed by atoms with Crippen molar-refractivity contribution < 1.29 is 37.3 Å². The van der Waals surface area contributed by atoms with Crippen LogP contribution in [0.15, 0.2) is 66.9 Å². The molecule has 3 aromatic carbocycles. The molecule has 12 heteroatoms. The summed E-state index contributed by atoms with van der Waals surface area (Å²) in [6, 6.07) is 14.5. The number of hydrogen-bond donors (Lipinski definition) is 2. The van der Waals surface area contributed by atoms with Crippen LogP contribution in [0.5, 0.6) is 23.0 Å². The molecule has 1 aromatic heterocycles. The fraction of sp³-hybridized carbons (Fsp3) is 0.361. The van der Waals surface area contributed by atoms with Crippen LogP contribution in [-0.2, 0) is 14.3 Å². The number of hydrogen-bond acceptors (Lipinski definition) is 8. The summed E-state index contributed by atoms with van der Waals surface area (Å²) in [5, 5.41) is 5.91. The number of benzene rings is 3. The van der Waals surface area contributed by atoms with Gasteiger partial charge in [-0.05, 0) is 79.6 Å². The van der Waals surface area contributed by atoms with E-state index in [0.717, 1.165) is 45.3 Å². The van der Waals surface area contributed by atoms with E-state index in [1.54, 1.807) is 31.5 Å². The third kappa shape index (κ3) is 6.90. The van der Waals surface area contributed by atoms with Gasteiger partial charge in [0.25, 0.3) is 0 Å². The van der Waals surface area contributed by atoms with Gasteiger partial charge in [-0.3, -0.25) is 19.5 Å². The number of pyridine rings is 1. The number of ether oxygens (including phenoxy) is 4. The molecule has 1 saturated heterocycles. The van der Waals surface area contributed by atoms with Crippen LogP contribution in [-0.4, -0.2) is 68.3 Å². The number of carbonyl (C=O) groups is 2. The van der Waals surface area contributed by atoms with Crippen molar-refractivity contribution in [1.29, 1.82) is 0 Å². The van der Waals surface area contributed by atoms with Gasteiger partial charge in [-0.1, -0.05) is 0 Å². The molecule has 0 spiro atoms. The first-order valence-corrected chi connectivity index (χ1v) is 16.1. The second kappa shape index (κ2) is 13.4. The Morgan fingerprint density at radius 1 is 0.896 bits per heavy atom. The lowest BCUT2D eigenvalue weighted by molar-refractivity contribution is -0.131. The zero-order valence-corrected chi connectivity index (χ0v) is 26.5. The highest BCUT2D eigenvalue weighted by atomic mass is 19.1. The molecule has 1 unspecified atom stereocenters. The van der Waals surface area contributed by atoms with E-state index in [0.29, 0.717) is 65.1 Å². The summed E-state index contributed by atoms with van der Waals surface area (Å²) in [6.45, 7) is 5.19. The van der Waals surface area contributed by atoms with Crippen molar-refractivity contribution in [3.63, 3.8) is 0 Å². The number of nitrogens with one attached hydrogen (secondary N) is 2. The van der Waals surface area contributed by atoms with E-state index in [2.05, 4.69) is 20.5 Å². The summed E-state index contributed by atoms with van der Waals surface area (Å²) in [7, 11) is 1.56. The zero-order valence-electron chi connectivity index (χ0n) is 26.5. The number of carbonyl (C=O) groups excluding carboxylic acids is 2. The lowest BCUT2D eigenvalue weighted by Crippen LogP contribution is -2.37. The van der Waals surface area contributed by atoms with Gasteiger partial charge in [-0.2, -0.15) is 0 Å². The monoisotopic (exact) mass is 658 g/mol. The van der Waals surface area contributed by atoms with Gasteiger partial charge in [0.2, 0.25) is 11.8 Å². The summed E-state index contributed by atoms with van der Waals surface area (Å²) < 4.78 is 51.8. The highest BCUT2D eigenvalue weighted by Crippen LogP contribution is 2.48. The van der Waals surface area contributed by atoms with Crippen LogP contribution < -0.4 is 24.8 Å². The molecule has 2 amide bonds. The standard InChI is InChI=1S/C36H36F2N4O6/c1-45-32-18-27-29(19-33(32)47-21-23-16-22(23)20-42-12-14-46-15-13-42)39-11-8-30(27)48-31-7-6-26(17-28(31)38)41-35(44)36(9-10-36)34(43)40-25-4-2-24(37)3-5-25/h2-8,11,17-19,22-23H,9-10,12-16,20-21H2,1H3,(H,40,43)(H,41,44)/t22?,23-/m1/s1. The molecular weight excluding hydrogens is 622 g/mol. The van der Waals surface area contributed by atoms with Crippen LogP contribution in [0.25, 0.3) is 10.9 Å². The molecule has 1 aliphatic heterocycles. The number of amides is 2. The molecule has 0 bridgehead atoms. The predicted molar refractivity (Wildman–Crippen MR) is 174 cm³/mol. The maximum Gasteiger partial charge on any atom is 0.240 e. The molecule has 4 aromatic rings. The minimum absolute atomic E-state index is 0.0602. The van der Waals surface area contributed by atoms with Crippen molar-refractivity contribution >= 4 is 34.1 Å². The quantitative estimate of drug-likeness (QED) is 0.178. The van der Waals surface area contributed by atoms with Gasteiger partial charge in [0.1, 0.15) is 17.0 Å². The average molecular weight is 659 g/mol. The molecule has 3 aliphatic rings. The van der Waals surface area contributed by atoms with E-state index in [1.165, 1.54) is 36.4 Å². The van der Waals surface area contributed by atoms with Gasteiger partial charge >= 0.3 is 0 Å². The van der Waals surface area contributed by atoms with Gasteiger partial charge < -0.3 is 29.6 Å². The molecule has 2 aliphatic carbocycles. The number of fused-ring (bicyclic) bond motifs is 1. The fourth-order valence-corrected chi connectivity index (χ4v) is 6.04. The molecule has 2 saturated carbocycles. The number of aromatic nitrogens is 1. The summed E-state index contributed by atoms with van der Waals surface area (Å²) in [6.07, 6.45) is 3.39. The molecule has 2 N–H and O–H groups in total. The number of methoxy groups -OCH3 is 1. The van der Waals surface area contributed by atoms with Crippen molar-refractivity contribution in [2.45, 2.75) is 19.3 Å². The van der Waals surface area contributed by atoms with Crippen molar-refractivity contribution in [3.8, 4) is 23.0 Å². The van der Waals surface area contributed by atoms with E-state index in [-0.39, 0.29) is 11.4 Å². The number of rotatable bonds is 12. The van der Waals surface area contributed by atoms with Gasteiger partial charge in [0.05, 0.1) is 32.4 Å². The Balaban J connectivity index is 0.990. The van der Waals surface area contributed by atoms with Gasteiger partial charge in [0, 0.05) is 54.7 Å². The molecule has 2 heterocycles. The highest BCUT2D eigenvalue weighted by molar-refractivity contribution is 6.16. The van der Waals surface area contributed by atoms with E-state index in [4.69, 9.17) is 18.9 Å². The fourth-order valence-electron chi connectivity index (χ4n) is 6.04. The van der Waals surface area contributed by atoms with Gasteiger partial charge in [-0.15, -0.1) is 0 Å². The van der Waals surface area contributed by atoms with Crippen molar-refractivity contribution in [3.05, 3.63) is 78.5 Å². The number of anilines is 2. The number of nitrogens with zero attached hydrogens (tertiary/aromatic N) is 2. The minimum Gasteiger partial charge on any atom is -0.493 e. The number of morpholine rings is 1. The lowest BCUT2D eigenvalue weighted by atomic mass is 10.0. The first-order valence-electron chi connectivity index (χ1n) is 16.1. The predicted octanol–water partition coefficient (Wildman–Crippen LogP) is 6.02. The van der Waals surface area contributed by atoms with Crippen LogP contribution in [0.3, 0.4) is 0 Å². The maximum absolute atomic E-state index is 15.3. The second-order valence-corrected chi connectivity index (χ2v) is 12.6. The van der Waals surface area contributed by atoms with Crippen LogP contribution in [0.2, 0.25) is 0 Å². The summed E-state index contributed by atoms with van der Waals surface area (Å²) in [5.41, 5.74) is -0.121. The van der Waals surface area contributed by atoms with Gasteiger partial charge in [0.15, 0.2) is 23.1 Å². The van der Waals surface area contributed by atoms with Crippen molar-refractivity contribution in [1.82, 2.24) is 9.88 Å².